The van der Waals surface area contributed by atoms with Gasteiger partial charge in [0.1, 0.15) is 5.82 Å². The van der Waals surface area contributed by atoms with E-state index in [0.29, 0.717) is 0 Å². The average molecular weight is 484 g/mol. The highest BCUT2D eigenvalue weighted by molar-refractivity contribution is 7.17. The number of anilines is 1. The summed E-state index contributed by atoms with van der Waals surface area (Å²) in [7, 11) is 0. The van der Waals surface area contributed by atoms with Crippen LogP contribution in [0.2, 0.25) is 0 Å². The number of thiophene rings is 1. The number of hydrogen-bond acceptors (Lipinski definition) is 4. The van der Waals surface area contributed by atoms with Gasteiger partial charge in [-0.25, -0.2) is 4.39 Å². The summed E-state index contributed by atoms with van der Waals surface area (Å²) in [6.45, 7) is 2.88. The molecule has 0 spiro atoms. The molecule has 0 unspecified atom stereocenters. The zero-order chi connectivity index (χ0) is 23.9. The first-order valence-corrected chi connectivity index (χ1v) is 13.2. The molecule has 0 radical (unpaired) electrons. The molecule has 0 fully saturated rings. The Morgan fingerprint density at radius 1 is 0.800 bits per heavy atom. The molecule has 178 valence electrons. The third-order valence-corrected chi connectivity index (χ3v) is 7.34. The molecule has 0 bridgehead atoms. The number of para-hydroxylation sites is 1. The number of benzene rings is 3. The molecule has 0 aliphatic heterocycles. The molecular formula is C30H30FN3S. The second-order valence-electron chi connectivity index (χ2n) is 8.88. The van der Waals surface area contributed by atoms with Gasteiger partial charge in [0.2, 0.25) is 0 Å². The first-order valence-electron chi connectivity index (χ1n) is 12.3. The first-order chi connectivity index (χ1) is 17.3. The van der Waals surface area contributed by atoms with E-state index in [4.69, 9.17) is 0 Å². The van der Waals surface area contributed by atoms with Crippen molar-refractivity contribution in [1.82, 2.24) is 10.3 Å². The minimum absolute atomic E-state index is 0.184. The van der Waals surface area contributed by atoms with E-state index in [1.807, 2.05) is 18.3 Å². The van der Waals surface area contributed by atoms with Crippen LogP contribution in [0.5, 0.6) is 0 Å². The summed E-state index contributed by atoms with van der Waals surface area (Å²) in [6.07, 6.45) is 6.67. The summed E-state index contributed by atoms with van der Waals surface area (Å²) in [5.41, 5.74) is 5.72. The number of unbranched alkanes of at least 4 members (excludes halogenated alkanes) is 3. The second kappa shape index (κ2) is 11.4. The lowest BCUT2D eigenvalue weighted by molar-refractivity contribution is 0.593. The topological polar surface area (TPSA) is 37.0 Å². The van der Waals surface area contributed by atoms with Gasteiger partial charge in [0, 0.05) is 46.0 Å². The summed E-state index contributed by atoms with van der Waals surface area (Å²) < 4.78 is 14.8. The fourth-order valence-electron chi connectivity index (χ4n) is 4.46. The summed E-state index contributed by atoms with van der Waals surface area (Å²) in [4.78, 5) is 4.42. The van der Waals surface area contributed by atoms with Crippen LogP contribution in [0.15, 0.2) is 84.4 Å². The zero-order valence-electron chi connectivity index (χ0n) is 19.8. The van der Waals surface area contributed by atoms with Crippen LogP contribution in [0.1, 0.15) is 31.2 Å². The van der Waals surface area contributed by atoms with Crippen LogP contribution in [-0.2, 0) is 6.54 Å². The molecule has 35 heavy (non-hydrogen) atoms. The van der Waals surface area contributed by atoms with Crippen LogP contribution in [0.3, 0.4) is 0 Å². The van der Waals surface area contributed by atoms with Crippen molar-refractivity contribution in [3.8, 4) is 11.1 Å². The van der Waals surface area contributed by atoms with Gasteiger partial charge in [-0.1, -0.05) is 55.3 Å². The summed E-state index contributed by atoms with van der Waals surface area (Å²) in [6, 6.07) is 23.9. The predicted molar refractivity (Wildman–Crippen MR) is 148 cm³/mol. The van der Waals surface area contributed by atoms with Crippen LogP contribution < -0.4 is 10.6 Å². The van der Waals surface area contributed by atoms with Crippen molar-refractivity contribution in [2.24, 2.45) is 0 Å². The van der Waals surface area contributed by atoms with E-state index in [1.165, 1.54) is 48.4 Å². The maximum Gasteiger partial charge on any atom is 0.123 e. The minimum Gasteiger partial charge on any atom is -0.384 e. The number of aromatic nitrogens is 1. The Labute approximate surface area is 210 Å². The molecular weight excluding hydrogens is 453 g/mol. The SMILES string of the molecule is Fc1ccc2scc(-c3ccc(CNCCCCCCNc4ccnc5ccccc45)cc3)c2c1. The zero-order valence-corrected chi connectivity index (χ0v) is 20.6. The molecule has 0 aliphatic carbocycles. The van der Waals surface area contributed by atoms with Gasteiger partial charge in [-0.3, -0.25) is 4.98 Å². The molecule has 3 aromatic carbocycles. The van der Waals surface area contributed by atoms with Crippen molar-refractivity contribution in [2.75, 3.05) is 18.4 Å². The predicted octanol–water partition coefficient (Wildman–Crippen LogP) is 8.02. The van der Waals surface area contributed by atoms with Crippen LogP contribution in [-0.4, -0.2) is 18.1 Å². The molecule has 2 aromatic heterocycles. The Hall–Kier alpha value is -3.28. The molecule has 2 heterocycles. The monoisotopic (exact) mass is 483 g/mol. The number of hydrogen-bond donors (Lipinski definition) is 2. The van der Waals surface area contributed by atoms with Gasteiger partial charge in [0.15, 0.2) is 0 Å². The number of nitrogens with zero attached hydrogens (tertiary/aromatic N) is 1. The third-order valence-electron chi connectivity index (χ3n) is 6.37. The van der Waals surface area contributed by atoms with Gasteiger partial charge in [-0.2, -0.15) is 0 Å². The number of rotatable bonds is 11. The summed E-state index contributed by atoms with van der Waals surface area (Å²) >= 11 is 1.66. The van der Waals surface area contributed by atoms with Gasteiger partial charge in [0.25, 0.3) is 0 Å². The van der Waals surface area contributed by atoms with Gasteiger partial charge in [-0.05, 0) is 66.2 Å². The fraction of sp³-hybridized carbons (Fsp3) is 0.233. The molecule has 0 aliphatic rings. The molecule has 5 rings (SSSR count). The van der Waals surface area contributed by atoms with E-state index in [9.17, 15) is 4.39 Å². The van der Waals surface area contributed by atoms with E-state index >= 15 is 0 Å². The van der Waals surface area contributed by atoms with E-state index in [0.717, 1.165) is 46.4 Å². The Balaban J connectivity index is 0.993. The van der Waals surface area contributed by atoms with Crippen molar-refractivity contribution in [3.05, 3.63) is 95.8 Å². The normalized spacial score (nSPS) is 11.3. The lowest BCUT2D eigenvalue weighted by atomic mass is 10.0. The van der Waals surface area contributed by atoms with Crippen LogP contribution in [0.4, 0.5) is 10.1 Å². The number of halogens is 1. The lowest BCUT2D eigenvalue weighted by Gasteiger charge is -2.09. The van der Waals surface area contributed by atoms with Crippen molar-refractivity contribution in [3.63, 3.8) is 0 Å². The number of pyridine rings is 1. The van der Waals surface area contributed by atoms with Crippen molar-refractivity contribution in [2.45, 2.75) is 32.2 Å². The highest BCUT2D eigenvalue weighted by Crippen LogP contribution is 2.34. The Bertz CT molecular complexity index is 1390. The molecule has 5 heteroatoms. The van der Waals surface area contributed by atoms with E-state index in [2.05, 4.69) is 69.5 Å². The fourth-order valence-corrected chi connectivity index (χ4v) is 5.41. The first kappa shape index (κ1) is 23.5. The highest BCUT2D eigenvalue weighted by atomic mass is 32.1. The average Bonchev–Trinajstić information content (AvgIpc) is 3.31. The van der Waals surface area contributed by atoms with Crippen LogP contribution >= 0.6 is 11.3 Å². The Morgan fingerprint density at radius 3 is 2.51 bits per heavy atom. The smallest absolute Gasteiger partial charge is 0.123 e. The molecule has 3 nitrogen and oxygen atoms in total. The van der Waals surface area contributed by atoms with E-state index < -0.39 is 0 Å². The van der Waals surface area contributed by atoms with E-state index in [-0.39, 0.29) is 5.82 Å². The third kappa shape index (κ3) is 5.87. The number of nitrogens with one attached hydrogen (secondary N) is 2. The highest BCUT2D eigenvalue weighted by Gasteiger charge is 2.07. The van der Waals surface area contributed by atoms with Gasteiger partial charge >= 0.3 is 0 Å². The summed E-state index contributed by atoms with van der Waals surface area (Å²) in [5.74, 6) is -0.184. The molecule has 5 aromatic rings. The largest absolute Gasteiger partial charge is 0.384 e. The second-order valence-corrected chi connectivity index (χ2v) is 9.79. The molecule has 0 saturated heterocycles. The van der Waals surface area contributed by atoms with Crippen LogP contribution in [0.25, 0.3) is 32.1 Å². The molecule has 0 atom stereocenters. The van der Waals surface area contributed by atoms with Crippen molar-refractivity contribution in [1.29, 1.82) is 0 Å². The van der Waals surface area contributed by atoms with Crippen molar-refractivity contribution >= 4 is 38.0 Å². The lowest BCUT2D eigenvalue weighted by Crippen LogP contribution is -2.14. The van der Waals surface area contributed by atoms with Crippen molar-refractivity contribution < 1.29 is 4.39 Å². The Morgan fingerprint density at radius 2 is 1.63 bits per heavy atom. The Kier molecular flexibility index (Phi) is 7.66. The van der Waals surface area contributed by atoms with E-state index in [1.54, 1.807) is 17.4 Å². The maximum atomic E-state index is 13.7. The van der Waals surface area contributed by atoms with Crippen LogP contribution in [0, 0.1) is 5.82 Å². The van der Waals surface area contributed by atoms with Gasteiger partial charge in [-0.15, -0.1) is 11.3 Å². The molecule has 0 amide bonds. The minimum atomic E-state index is -0.184. The standard InChI is InChI=1S/C30H30FN3S/c31-24-13-14-30-26(19-24)27(21-35-30)23-11-9-22(10-12-23)20-32-16-5-1-2-6-17-33-29-15-18-34-28-8-4-3-7-25(28)29/h3-4,7-15,18-19,21,32H,1-2,5-6,16-17,20H2,(H,33,34). The number of fused-ring (bicyclic) bond motifs is 2. The molecule has 0 saturated carbocycles. The van der Waals surface area contributed by atoms with Gasteiger partial charge < -0.3 is 10.6 Å². The maximum absolute atomic E-state index is 13.7. The van der Waals surface area contributed by atoms with Gasteiger partial charge in [0.05, 0.1) is 5.52 Å². The quantitative estimate of drug-likeness (QED) is 0.187. The molecule has 2 N–H and O–H groups in total. The summed E-state index contributed by atoms with van der Waals surface area (Å²) in [5, 5.41) is 11.4.